The highest BCUT2D eigenvalue weighted by atomic mass is 35.5. The van der Waals surface area contributed by atoms with Crippen LogP contribution in [-0.4, -0.2) is 13.0 Å². The largest absolute Gasteiger partial charge is 0.495 e. The van der Waals surface area contributed by atoms with Crippen molar-refractivity contribution in [2.24, 2.45) is 17.4 Å². The average Bonchev–Trinajstić information content (AvgIpc) is 2.30. The maximum absolute atomic E-state index is 10.8. The zero-order chi connectivity index (χ0) is 14.6. The zero-order valence-electron chi connectivity index (χ0n) is 11.0. The molecule has 2 unspecified atom stereocenters. The van der Waals surface area contributed by atoms with Gasteiger partial charge in [0, 0.05) is 23.6 Å². The highest BCUT2D eigenvalue weighted by Gasteiger charge is 2.17. The van der Waals surface area contributed by atoms with E-state index in [1.807, 2.05) is 6.92 Å². The number of amides is 1. The van der Waals surface area contributed by atoms with Gasteiger partial charge in [0.05, 0.1) is 12.1 Å². The number of ether oxygens (including phenoxy) is 1. The summed E-state index contributed by atoms with van der Waals surface area (Å²) < 4.78 is 5.08. The van der Waals surface area contributed by atoms with Gasteiger partial charge in [-0.3, -0.25) is 4.79 Å². The van der Waals surface area contributed by atoms with Crippen LogP contribution >= 0.6 is 23.2 Å². The molecule has 0 saturated carbocycles. The second-order valence-corrected chi connectivity index (χ2v) is 5.44. The van der Waals surface area contributed by atoms with Crippen molar-refractivity contribution >= 4 is 29.1 Å². The van der Waals surface area contributed by atoms with Crippen molar-refractivity contribution in [1.29, 1.82) is 0 Å². The predicted molar refractivity (Wildman–Crippen MR) is 77.5 cm³/mol. The Morgan fingerprint density at radius 2 is 2.00 bits per heavy atom. The van der Waals surface area contributed by atoms with Crippen LogP contribution in [0.2, 0.25) is 10.0 Å². The predicted octanol–water partition coefficient (Wildman–Crippen LogP) is 2.90. The molecule has 2 atom stereocenters. The highest BCUT2D eigenvalue weighted by Crippen LogP contribution is 2.35. The monoisotopic (exact) mass is 304 g/mol. The molecule has 4 nitrogen and oxygen atoms in total. The second-order valence-electron chi connectivity index (χ2n) is 4.63. The van der Waals surface area contributed by atoms with Gasteiger partial charge < -0.3 is 16.2 Å². The van der Waals surface area contributed by atoms with Crippen LogP contribution in [0, 0.1) is 5.92 Å². The minimum absolute atomic E-state index is 0.0874. The number of carbonyl (C=O) groups excluding carboxylic acids is 1. The third-order valence-corrected chi connectivity index (χ3v) is 3.50. The Hall–Kier alpha value is -0.970. The lowest BCUT2D eigenvalue weighted by Gasteiger charge is -2.18. The molecule has 1 aromatic rings. The molecule has 19 heavy (non-hydrogen) atoms. The lowest BCUT2D eigenvalue weighted by atomic mass is 9.94. The summed E-state index contributed by atoms with van der Waals surface area (Å²) in [6, 6.07) is 3.03. The Kier molecular flexibility index (Phi) is 5.91. The summed E-state index contributed by atoms with van der Waals surface area (Å²) in [6.45, 7) is 1.92. The van der Waals surface area contributed by atoms with Crippen molar-refractivity contribution in [2.75, 3.05) is 7.11 Å². The number of primary amides is 1. The van der Waals surface area contributed by atoms with Crippen molar-refractivity contribution in [3.8, 4) is 5.75 Å². The first-order chi connectivity index (χ1) is 8.85. The van der Waals surface area contributed by atoms with Gasteiger partial charge in [-0.15, -0.1) is 0 Å². The standard InChI is InChI=1S/C13H18Cl2N2O2/c1-7(4-13(17)18)3-11(16)8-5-10(15)12(19-2)6-9(8)14/h5-7,11H,3-4,16H2,1-2H3,(H2,17,18). The van der Waals surface area contributed by atoms with E-state index in [9.17, 15) is 4.79 Å². The molecule has 106 valence electrons. The second kappa shape index (κ2) is 6.98. The first-order valence-electron chi connectivity index (χ1n) is 5.92. The zero-order valence-corrected chi connectivity index (χ0v) is 12.5. The Morgan fingerprint density at radius 1 is 1.37 bits per heavy atom. The van der Waals surface area contributed by atoms with E-state index in [0.717, 1.165) is 5.56 Å². The third kappa shape index (κ3) is 4.56. The Bertz CT molecular complexity index is 466. The smallest absolute Gasteiger partial charge is 0.217 e. The van der Waals surface area contributed by atoms with Crippen LogP contribution in [0.25, 0.3) is 0 Å². The van der Waals surface area contributed by atoms with E-state index in [-0.39, 0.29) is 17.9 Å². The van der Waals surface area contributed by atoms with Crippen molar-refractivity contribution in [3.63, 3.8) is 0 Å². The van der Waals surface area contributed by atoms with Gasteiger partial charge in [-0.05, 0) is 24.0 Å². The minimum atomic E-state index is -0.335. The molecular formula is C13H18Cl2N2O2. The molecule has 1 aromatic carbocycles. The van der Waals surface area contributed by atoms with Gasteiger partial charge in [0.15, 0.2) is 0 Å². The number of methoxy groups -OCH3 is 1. The highest BCUT2D eigenvalue weighted by molar-refractivity contribution is 6.34. The van der Waals surface area contributed by atoms with E-state index in [0.29, 0.717) is 28.6 Å². The van der Waals surface area contributed by atoms with Crippen LogP contribution in [0.4, 0.5) is 0 Å². The van der Waals surface area contributed by atoms with Crippen LogP contribution in [-0.2, 0) is 4.79 Å². The Morgan fingerprint density at radius 3 is 2.53 bits per heavy atom. The van der Waals surface area contributed by atoms with Crippen molar-refractivity contribution < 1.29 is 9.53 Å². The molecule has 0 aromatic heterocycles. The first-order valence-corrected chi connectivity index (χ1v) is 6.67. The molecule has 1 amide bonds. The van der Waals surface area contributed by atoms with E-state index < -0.39 is 0 Å². The fourth-order valence-electron chi connectivity index (χ4n) is 1.97. The van der Waals surface area contributed by atoms with Crippen LogP contribution in [0.15, 0.2) is 12.1 Å². The summed E-state index contributed by atoms with van der Waals surface area (Å²) in [5.74, 6) is 0.260. The number of halogens is 2. The topological polar surface area (TPSA) is 78.3 Å². The molecule has 6 heteroatoms. The minimum Gasteiger partial charge on any atom is -0.495 e. The molecule has 0 heterocycles. The summed E-state index contributed by atoms with van der Waals surface area (Å²) in [6.07, 6.45) is 0.903. The van der Waals surface area contributed by atoms with Crippen LogP contribution < -0.4 is 16.2 Å². The quantitative estimate of drug-likeness (QED) is 0.848. The van der Waals surface area contributed by atoms with Gasteiger partial charge in [-0.2, -0.15) is 0 Å². The van der Waals surface area contributed by atoms with Gasteiger partial charge in [0.2, 0.25) is 5.91 Å². The van der Waals surface area contributed by atoms with E-state index in [2.05, 4.69) is 0 Å². The van der Waals surface area contributed by atoms with Crippen molar-refractivity contribution in [3.05, 3.63) is 27.7 Å². The van der Waals surface area contributed by atoms with Gasteiger partial charge in [-0.1, -0.05) is 30.1 Å². The molecule has 0 aliphatic heterocycles. The van der Waals surface area contributed by atoms with Crippen molar-refractivity contribution in [2.45, 2.75) is 25.8 Å². The molecular weight excluding hydrogens is 287 g/mol. The number of carbonyl (C=O) groups is 1. The molecule has 0 radical (unpaired) electrons. The Labute approximate surface area is 123 Å². The lowest BCUT2D eigenvalue weighted by Crippen LogP contribution is -2.19. The summed E-state index contributed by atoms with van der Waals surface area (Å²) in [5, 5.41) is 0.958. The molecule has 0 aliphatic carbocycles. The van der Waals surface area contributed by atoms with Gasteiger partial charge in [0.25, 0.3) is 0 Å². The number of hydrogen-bond donors (Lipinski definition) is 2. The summed E-state index contributed by atoms with van der Waals surface area (Å²) >= 11 is 12.2. The number of nitrogens with two attached hydrogens (primary N) is 2. The van der Waals surface area contributed by atoms with E-state index in [1.165, 1.54) is 7.11 Å². The summed E-state index contributed by atoms with van der Waals surface area (Å²) in [7, 11) is 1.52. The number of hydrogen-bond acceptors (Lipinski definition) is 3. The fourth-order valence-corrected chi connectivity index (χ4v) is 2.51. The molecule has 0 bridgehead atoms. The Balaban J connectivity index is 2.85. The average molecular weight is 305 g/mol. The van der Waals surface area contributed by atoms with Crippen LogP contribution in [0.1, 0.15) is 31.4 Å². The van der Waals surface area contributed by atoms with E-state index >= 15 is 0 Å². The normalized spacial score (nSPS) is 13.9. The van der Waals surface area contributed by atoms with E-state index in [1.54, 1.807) is 12.1 Å². The molecule has 0 aliphatic rings. The van der Waals surface area contributed by atoms with Crippen LogP contribution in [0.5, 0.6) is 5.75 Å². The first kappa shape index (κ1) is 16.1. The SMILES string of the molecule is COc1cc(Cl)c(C(N)CC(C)CC(N)=O)cc1Cl. The molecule has 1 rings (SSSR count). The van der Waals surface area contributed by atoms with Crippen molar-refractivity contribution in [1.82, 2.24) is 0 Å². The molecule has 4 N–H and O–H groups in total. The van der Waals surface area contributed by atoms with Gasteiger partial charge >= 0.3 is 0 Å². The van der Waals surface area contributed by atoms with E-state index in [4.69, 9.17) is 39.4 Å². The fraction of sp³-hybridized carbons (Fsp3) is 0.462. The third-order valence-electron chi connectivity index (χ3n) is 2.88. The number of benzene rings is 1. The number of rotatable bonds is 6. The summed E-state index contributed by atoms with van der Waals surface area (Å²) in [4.78, 5) is 10.8. The molecule has 0 saturated heterocycles. The maximum atomic E-state index is 10.8. The summed E-state index contributed by atoms with van der Waals surface area (Å²) in [5.41, 5.74) is 12.0. The molecule has 0 spiro atoms. The van der Waals surface area contributed by atoms with Gasteiger partial charge in [-0.25, -0.2) is 0 Å². The van der Waals surface area contributed by atoms with Gasteiger partial charge in [0.1, 0.15) is 5.75 Å². The maximum Gasteiger partial charge on any atom is 0.217 e. The van der Waals surface area contributed by atoms with Crippen LogP contribution in [0.3, 0.4) is 0 Å². The molecule has 0 fully saturated rings. The lowest BCUT2D eigenvalue weighted by molar-refractivity contribution is -0.118.